The van der Waals surface area contributed by atoms with Gasteiger partial charge >= 0.3 is 0 Å². The largest absolute Gasteiger partial charge is 0.485 e. The standard InChI is InChI=1S/C14H18N2O/c1-3-5-12-6-4-7-13(11(12)2)17-10-14-15-8-9-16-14/h3-4,6-7H,1,5,8-10H2,2H3,(H,15,16). The molecule has 0 bridgehead atoms. The molecule has 1 heterocycles. The molecule has 0 amide bonds. The molecule has 0 atom stereocenters. The lowest BCUT2D eigenvalue weighted by Crippen LogP contribution is -2.25. The summed E-state index contributed by atoms with van der Waals surface area (Å²) in [5.74, 6) is 1.87. The van der Waals surface area contributed by atoms with Gasteiger partial charge in [-0.05, 0) is 30.5 Å². The summed E-state index contributed by atoms with van der Waals surface area (Å²) in [6.07, 6.45) is 2.79. The van der Waals surface area contributed by atoms with E-state index in [1.54, 1.807) is 0 Å². The number of hydrogen-bond acceptors (Lipinski definition) is 3. The monoisotopic (exact) mass is 230 g/mol. The Morgan fingerprint density at radius 2 is 2.41 bits per heavy atom. The lowest BCUT2D eigenvalue weighted by molar-refractivity contribution is 0.370. The third-order valence-corrected chi connectivity index (χ3v) is 2.87. The molecule has 0 aromatic heterocycles. The van der Waals surface area contributed by atoms with Crippen LogP contribution in [0.15, 0.2) is 35.8 Å². The van der Waals surface area contributed by atoms with E-state index in [1.165, 1.54) is 11.1 Å². The molecule has 90 valence electrons. The van der Waals surface area contributed by atoms with Crippen LogP contribution in [0.3, 0.4) is 0 Å². The number of rotatable bonds is 5. The van der Waals surface area contributed by atoms with Gasteiger partial charge in [-0.25, -0.2) is 0 Å². The summed E-state index contributed by atoms with van der Waals surface area (Å²) < 4.78 is 5.78. The van der Waals surface area contributed by atoms with Crippen LogP contribution in [0.25, 0.3) is 0 Å². The van der Waals surface area contributed by atoms with E-state index in [-0.39, 0.29) is 0 Å². The van der Waals surface area contributed by atoms with E-state index in [4.69, 9.17) is 4.74 Å². The lowest BCUT2D eigenvalue weighted by atomic mass is 10.1. The molecule has 1 aromatic rings. The molecule has 0 saturated carbocycles. The summed E-state index contributed by atoms with van der Waals surface area (Å²) in [5, 5.41) is 3.19. The van der Waals surface area contributed by atoms with Gasteiger partial charge in [0.1, 0.15) is 18.2 Å². The third-order valence-electron chi connectivity index (χ3n) is 2.87. The quantitative estimate of drug-likeness (QED) is 0.786. The molecule has 0 unspecified atom stereocenters. The van der Waals surface area contributed by atoms with E-state index >= 15 is 0 Å². The summed E-state index contributed by atoms with van der Waals surface area (Å²) in [7, 11) is 0. The van der Waals surface area contributed by atoms with Crippen molar-refractivity contribution in [3.8, 4) is 5.75 Å². The molecule has 0 fully saturated rings. The Morgan fingerprint density at radius 1 is 1.53 bits per heavy atom. The van der Waals surface area contributed by atoms with Crippen molar-refractivity contribution in [2.75, 3.05) is 19.7 Å². The van der Waals surface area contributed by atoms with Gasteiger partial charge in [-0.3, -0.25) is 4.99 Å². The molecule has 1 aliphatic rings. The summed E-state index contributed by atoms with van der Waals surface area (Å²) in [4.78, 5) is 4.30. The van der Waals surface area contributed by atoms with Gasteiger partial charge in [-0.2, -0.15) is 0 Å². The summed E-state index contributed by atoms with van der Waals surface area (Å²) >= 11 is 0. The summed E-state index contributed by atoms with van der Waals surface area (Å²) in [5.41, 5.74) is 2.45. The number of amidine groups is 1. The van der Waals surface area contributed by atoms with Crippen molar-refractivity contribution in [3.63, 3.8) is 0 Å². The molecule has 3 nitrogen and oxygen atoms in total. The molecule has 2 rings (SSSR count). The number of nitrogens with one attached hydrogen (secondary N) is 1. The van der Waals surface area contributed by atoms with Crippen LogP contribution in [0.4, 0.5) is 0 Å². The van der Waals surface area contributed by atoms with Crippen LogP contribution in [0.2, 0.25) is 0 Å². The average molecular weight is 230 g/mol. The predicted octanol–water partition coefficient (Wildman–Crippen LogP) is 2.10. The number of nitrogens with zero attached hydrogens (tertiary/aromatic N) is 1. The Bertz CT molecular complexity index is 438. The smallest absolute Gasteiger partial charge is 0.145 e. The topological polar surface area (TPSA) is 33.6 Å². The van der Waals surface area contributed by atoms with Crippen molar-refractivity contribution in [1.29, 1.82) is 0 Å². The Hall–Kier alpha value is -1.77. The Balaban J connectivity index is 2.04. The zero-order valence-corrected chi connectivity index (χ0v) is 10.2. The fourth-order valence-electron chi connectivity index (χ4n) is 1.88. The first-order chi connectivity index (χ1) is 8.31. The molecular weight excluding hydrogens is 212 g/mol. The first-order valence-electron chi connectivity index (χ1n) is 5.90. The Morgan fingerprint density at radius 3 is 3.12 bits per heavy atom. The maximum Gasteiger partial charge on any atom is 0.145 e. The number of hydrogen-bond donors (Lipinski definition) is 1. The van der Waals surface area contributed by atoms with Gasteiger partial charge in [0.2, 0.25) is 0 Å². The highest BCUT2D eigenvalue weighted by atomic mass is 16.5. The minimum Gasteiger partial charge on any atom is -0.485 e. The van der Waals surface area contributed by atoms with Crippen molar-refractivity contribution < 1.29 is 4.74 Å². The van der Waals surface area contributed by atoms with E-state index in [9.17, 15) is 0 Å². The van der Waals surface area contributed by atoms with Crippen LogP contribution >= 0.6 is 0 Å². The second-order valence-corrected chi connectivity index (χ2v) is 4.08. The van der Waals surface area contributed by atoms with E-state index in [2.05, 4.69) is 29.9 Å². The summed E-state index contributed by atoms with van der Waals surface area (Å²) in [6.45, 7) is 8.15. The first-order valence-corrected chi connectivity index (χ1v) is 5.90. The van der Waals surface area contributed by atoms with Crippen LogP contribution in [-0.2, 0) is 6.42 Å². The molecule has 0 radical (unpaired) electrons. The van der Waals surface area contributed by atoms with Crippen molar-refractivity contribution in [3.05, 3.63) is 42.0 Å². The number of allylic oxidation sites excluding steroid dienone is 1. The minimum absolute atomic E-state index is 0.526. The van der Waals surface area contributed by atoms with E-state index in [0.717, 1.165) is 31.1 Å². The van der Waals surface area contributed by atoms with Crippen LogP contribution in [0.1, 0.15) is 11.1 Å². The molecule has 17 heavy (non-hydrogen) atoms. The minimum atomic E-state index is 0.526. The van der Waals surface area contributed by atoms with Crippen LogP contribution < -0.4 is 10.1 Å². The Labute approximate surface area is 102 Å². The van der Waals surface area contributed by atoms with Crippen molar-refractivity contribution in [1.82, 2.24) is 5.32 Å². The number of benzene rings is 1. The molecule has 1 aliphatic heterocycles. The average Bonchev–Trinajstić information content (AvgIpc) is 2.83. The maximum atomic E-state index is 5.78. The molecule has 0 saturated heterocycles. The fraction of sp³-hybridized carbons (Fsp3) is 0.357. The number of ether oxygens (including phenoxy) is 1. The number of aliphatic imine (C=N–C) groups is 1. The Kier molecular flexibility index (Phi) is 3.81. The normalized spacial score (nSPS) is 14.1. The predicted molar refractivity (Wildman–Crippen MR) is 70.9 cm³/mol. The van der Waals surface area contributed by atoms with Gasteiger partial charge in [0.25, 0.3) is 0 Å². The van der Waals surface area contributed by atoms with Gasteiger partial charge < -0.3 is 10.1 Å². The second kappa shape index (κ2) is 5.53. The zero-order chi connectivity index (χ0) is 12.1. The first kappa shape index (κ1) is 11.7. The van der Waals surface area contributed by atoms with Gasteiger partial charge in [-0.15, -0.1) is 6.58 Å². The van der Waals surface area contributed by atoms with Gasteiger partial charge in [-0.1, -0.05) is 18.2 Å². The molecule has 1 aromatic carbocycles. The third kappa shape index (κ3) is 2.87. The SMILES string of the molecule is C=CCc1cccc(OCC2=NCCN2)c1C. The fourth-order valence-corrected chi connectivity index (χ4v) is 1.88. The van der Waals surface area contributed by atoms with Crippen LogP contribution in [0, 0.1) is 6.92 Å². The summed E-state index contributed by atoms with van der Waals surface area (Å²) in [6, 6.07) is 6.12. The van der Waals surface area contributed by atoms with Gasteiger partial charge in [0.05, 0.1) is 6.54 Å². The van der Waals surface area contributed by atoms with Crippen molar-refractivity contribution in [2.24, 2.45) is 4.99 Å². The highest BCUT2D eigenvalue weighted by Gasteiger charge is 2.08. The highest BCUT2D eigenvalue weighted by molar-refractivity contribution is 5.85. The zero-order valence-electron chi connectivity index (χ0n) is 10.2. The van der Waals surface area contributed by atoms with E-state index < -0.39 is 0 Å². The van der Waals surface area contributed by atoms with Crippen molar-refractivity contribution >= 4 is 5.84 Å². The van der Waals surface area contributed by atoms with Gasteiger partial charge in [0.15, 0.2) is 0 Å². The van der Waals surface area contributed by atoms with E-state index in [1.807, 2.05) is 18.2 Å². The second-order valence-electron chi connectivity index (χ2n) is 4.08. The molecular formula is C14H18N2O. The molecule has 1 N–H and O–H groups in total. The van der Waals surface area contributed by atoms with Crippen molar-refractivity contribution in [2.45, 2.75) is 13.3 Å². The lowest BCUT2D eigenvalue weighted by Gasteiger charge is -2.12. The van der Waals surface area contributed by atoms with E-state index in [0.29, 0.717) is 6.61 Å². The maximum absolute atomic E-state index is 5.78. The van der Waals surface area contributed by atoms with Crippen LogP contribution in [0.5, 0.6) is 5.75 Å². The van der Waals surface area contributed by atoms with Crippen LogP contribution in [-0.4, -0.2) is 25.5 Å². The molecule has 3 heteroatoms. The molecule has 0 aliphatic carbocycles. The highest BCUT2D eigenvalue weighted by Crippen LogP contribution is 2.21. The van der Waals surface area contributed by atoms with Gasteiger partial charge in [0, 0.05) is 6.54 Å². The molecule has 0 spiro atoms.